The number of rotatable bonds is 3. The standard InChI is InChI=1S/C14H25N/c1-11-7-8-14(15-2)10-13(11)9-12-5-3-4-6-12/h3-4,11-15H,5-10H2,1-2H3. The van der Waals surface area contributed by atoms with Crippen LogP contribution in [0.1, 0.15) is 45.4 Å². The summed E-state index contributed by atoms with van der Waals surface area (Å²) >= 11 is 0. The number of nitrogens with one attached hydrogen (secondary N) is 1. The number of hydrogen-bond donors (Lipinski definition) is 1. The highest BCUT2D eigenvalue weighted by atomic mass is 14.9. The fourth-order valence-electron chi connectivity index (χ4n) is 3.30. The number of allylic oxidation sites excluding steroid dienone is 2. The van der Waals surface area contributed by atoms with E-state index in [2.05, 4.69) is 31.4 Å². The fraction of sp³-hybridized carbons (Fsp3) is 0.857. The topological polar surface area (TPSA) is 12.0 Å². The maximum atomic E-state index is 3.46. The van der Waals surface area contributed by atoms with Crippen molar-refractivity contribution in [3.8, 4) is 0 Å². The van der Waals surface area contributed by atoms with Crippen molar-refractivity contribution in [2.75, 3.05) is 7.05 Å². The summed E-state index contributed by atoms with van der Waals surface area (Å²) in [5.74, 6) is 2.89. The molecule has 2 aliphatic rings. The van der Waals surface area contributed by atoms with Crippen LogP contribution in [0.2, 0.25) is 0 Å². The first-order valence-electron chi connectivity index (χ1n) is 6.62. The van der Waals surface area contributed by atoms with Crippen LogP contribution in [-0.2, 0) is 0 Å². The molecule has 0 radical (unpaired) electrons. The Kier molecular flexibility index (Phi) is 3.85. The van der Waals surface area contributed by atoms with Crippen LogP contribution in [0.25, 0.3) is 0 Å². The Balaban J connectivity index is 1.82. The van der Waals surface area contributed by atoms with Crippen LogP contribution >= 0.6 is 0 Å². The summed E-state index contributed by atoms with van der Waals surface area (Å²) in [5.41, 5.74) is 0. The van der Waals surface area contributed by atoms with Gasteiger partial charge in [-0.2, -0.15) is 0 Å². The Hall–Kier alpha value is -0.300. The second-order valence-electron chi connectivity index (χ2n) is 5.58. The smallest absolute Gasteiger partial charge is 0.00669 e. The van der Waals surface area contributed by atoms with Crippen LogP contribution in [0.15, 0.2) is 12.2 Å². The van der Waals surface area contributed by atoms with Gasteiger partial charge in [-0.3, -0.25) is 0 Å². The molecular formula is C14H25N. The molecule has 86 valence electrons. The van der Waals surface area contributed by atoms with E-state index in [1.54, 1.807) is 0 Å². The average Bonchev–Trinajstić information content (AvgIpc) is 2.74. The van der Waals surface area contributed by atoms with Crippen LogP contribution in [0.5, 0.6) is 0 Å². The minimum Gasteiger partial charge on any atom is -0.317 e. The van der Waals surface area contributed by atoms with E-state index in [4.69, 9.17) is 0 Å². The van der Waals surface area contributed by atoms with Crippen molar-refractivity contribution in [1.82, 2.24) is 5.32 Å². The monoisotopic (exact) mass is 207 g/mol. The lowest BCUT2D eigenvalue weighted by atomic mass is 9.73. The largest absolute Gasteiger partial charge is 0.317 e. The van der Waals surface area contributed by atoms with Gasteiger partial charge in [-0.15, -0.1) is 0 Å². The van der Waals surface area contributed by atoms with Gasteiger partial charge < -0.3 is 5.32 Å². The maximum Gasteiger partial charge on any atom is 0.00669 e. The van der Waals surface area contributed by atoms with E-state index in [0.29, 0.717) is 0 Å². The molecule has 0 bridgehead atoms. The molecular weight excluding hydrogens is 182 g/mol. The molecule has 1 nitrogen and oxygen atoms in total. The first-order chi connectivity index (χ1) is 7.29. The lowest BCUT2D eigenvalue weighted by molar-refractivity contribution is 0.183. The quantitative estimate of drug-likeness (QED) is 0.700. The van der Waals surface area contributed by atoms with E-state index >= 15 is 0 Å². The first kappa shape index (κ1) is 11.2. The summed E-state index contributed by atoms with van der Waals surface area (Å²) in [6.45, 7) is 2.46. The van der Waals surface area contributed by atoms with Crippen LogP contribution in [-0.4, -0.2) is 13.1 Å². The zero-order valence-electron chi connectivity index (χ0n) is 10.2. The van der Waals surface area contributed by atoms with Gasteiger partial charge in [0, 0.05) is 6.04 Å². The molecule has 0 spiro atoms. The first-order valence-corrected chi connectivity index (χ1v) is 6.62. The summed E-state index contributed by atoms with van der Waals surface area (Å²) in [6.07, 6.45) is 13.1. The third kappa shape index (κ3) is 2.84. The van der Waals surface area contributed by atoms with E-state index in [-0.39, 0.29) is 0 Å². The summed E-state index contributed by atoms with van der Waals surface area (Å²) < 4.78 is 0. The second kappa shape index (κ2) is 5.16. The molecule has 0 aromatic carbocycles. The van der Waals surface area contributed by atoms with Crippen LogP contribution < -0.4 is 5.32 Å². The third-order valence-corrected chi connectivity index (χ3v) is 4.51. The highest BCUT2D eigenvalue weighted by Crippen LogP contribution is 2.37. The normalized spacial score (nSPS) is 37.3. The minimum atomic E-state index is 0.792. The summed E-state index contributed by atoms with van der Waals surface area (Å²) in [6, 6.07) is 0.792. The predicted molar refractivity (Wildman–Crippen MR) is 65.8 cm³/mol. The molecule has 0 aliphatic heterocycles. The van der Waals surface area contributed by atoms with E-state index < -0.39 is 0 Å². The van der Waals surface area contributed by atoms with E-state index in [0.717, 1.165) is 23.8 Å². The Morgan fingerprint density at radius 3 is 2.60 bits per heavy atom. The zero-order valence-corrected chi connectivity index (χ0v) is 10.2. The van der Waals surface area contributed by atoms with Crippen LogP contribution in [0, 0.1) is 17.8 Å². The molecule has 1 fully saturated rings. The lowest BCUT2D eigenvalue weighted by Gasteiger charge is -2.35. The van der Waals surface area contributed by atoms with Crippen molar-refractivity contribution in [3.63, 3.8) is 0 Å². The van der Waals surface area contributed by atoms with Gasteiger partial charge in [-0.05, 0) is 63.3 Å². The van der Waals surface area contributed by atoms with Crippen molar-refractivity contribution in [2.24, 2.45) is 17.8 Å². The fourth-order valence-corrected chi connectivity index (χ4v) is 3.30. The van der Waals surface area contributed by atoms with Gasteiger partial charge in [-0.1, -0.05) is 19.1 Å². The van der Waals surface area contributed by atoms with E-state index in [1.807, 2.05) is 0 Å². The molecule has 0 aromatic rings. The lowest BCUT2D eigenvalue weighted by Crippen LogP contribution is -2.35. The molecule has 0 amide bonds. The molecule has 1 heteroatoms. The SMILES string of the molecule is CNC1CCC(C)C(CC2CC=CC2)C1. The maximum absolute atomic E-state index is 3.46. The van der Waals surface area contributed by atoms with Crippen molar-refractivity contribution in [1.29, 1.82) is 0 Å². The molecule has 2 aliphatic carbocycles. The van der Waals surface area contributed by atoms with Crippen LogP contribution in [0.4, 0.5) is 0 Å². The highest BCUT2D eigenvalue weighted by molar-refractivity contribution is 4.95. The van der Waals surface area contributed by atoms with E-state index in [9.17, 15) is 0 Å². The molecule has 15 heavy (non-hydrogen) atoms. The van der Waals surface area contributed by atoms with Crippen molar-refractivity contribution in [3.05, 3.63) is 12.2 Å². The summed E-state index contributed by atoms with van der Waals surface area (Å²) in [4.78, 5) is 0. The van der Waals surface area contributed by atoms with E-state index in [1.165, 1.54) is 38.5 Å². The molecule has 0 heterocycles. The molecule has 2 rings (SSSR count). The summed E-state index contributed by atoms with van der Waals surface area (Å²) in [7, 11) is 2.12. The average molecular weight is 207 g/mol. The van der Waals surface area contributed by atoms with Gasteiger partial charge in [0.15, 0.2) is 0 Å². The number of hydrogen-bond acceptors (Lipinski definition) is 1. The van der Waals surface area contributed by atoms with Crippen molar-refractivity contribution < 1.29 is 0 Å². The Morgan fingerprint density at radius 2 is 1.93 bits per heavy atom. The minimum absolute atomic E-state index is 0.792. The van der Waals surface area contributed by atoms with Gasteiger partial charge in [0.1, 0.15) is 0 Å². The predicted octanol–water partition coefficient (Wildman–Crippen LogP) is 3.37. The molecule has 3 atom stereocenters. The van der Waals surface area contributed by atoms with Crippen LogP contribution in [0.3, 0.4) is 0 Å². The molecule has 1 saturated carbocycles. The summed E-state index contributed by atoms with van der Waals surface area (Å²) in [5, 5.41) is 3.46. The van der Waals surface area contributed by atoms with Gasteiger partial charge in [0.25, 0.3) is 0 Å². The third-order valence-electron chi connectivity index (χ3n) is 4.51. The van der Waals surface area contributed by atoms with Gasteiger partial charge >= 0.3 is 0 Å². The highest BCUT2D eigenvalue weighted by Gasteiger charge is 2.28. The molecule has 3 unspecified atom stereocenters. The Bertz CT molecular complexity index is 213. The van der Waals surface area contributed by atoms with Gasteiger partial charge in [0.2, 0.25) is 0 Å². The molecule has 0 aromatic heterocycles. The van der Waals surface area contributed by atoms with Gasteiger partial charge in [-0.25, -0.2) is 0 Å². The zero-order chi connectivity index (χ0) is 10.7. The molecule has 0 saturated heterocycles. The van der Waals surface area contributed by atoms with Crippen molar-refractivity contribution >= 4 is 0 Å². The van der Waals surface area contributed by atoms with Gasteiger partial charge in [0.05, 0.1) is 0 Å². The Morgan fingerprint density at radius 1 is 1.20 bits per heavy atom. The Labute approximate surface area is 94.3 Å². The molecule has 1 N–H and O–H groups in total. The second-order valence-corrected chi connectivity index (χ2v) is 5.58. The van der Waals surface area contributed by atoms with Crippen molar-refractivity contribution in [2.45, 2.75) is 51.5 Å².